The standard InChI is InChI=1S/C17H23NO2/c18-16(13-2-1-3-14(19)15(13)20)17-7-10-4-11(8-17)6-12(5-10)9-17/h1-3,10-12,16,19-20H,4-9,18H2. The van der Waals surface area contributed by atoms with Crippen molar-refractivity contribution in [2.75, 3.05) is 0 Å². The van der Waals surface area contributed by atoms with Crippen LogP contribution in [0.5, 0.6) is 11.5 Å². The highest BCUT2D eigenvalue weighted by Crippen LogP contribution is 2.64. The van der Waals surface area contributed by atoms with Crippen molar-refractivity contribution in [2.24, 2.45) is 28.9 Å². The van der Waals surface area contributed by atoms with E-state index in [1.54, 1.807) is 6.07 Å². The summed E-state index contributed by atoms with van der Waals surface area (Å²) in [5, 5.41) is 19.9. The van der Waals surface area contributed by atoms with Crippen LogP contribution in [-0.4, -0.2) is 10.2 Å². The molecule has 0 radical (unpaired) electrons. The van der Waals surface area contributed by atoms with Crippen molar-refractivity contribution in [1.29, 1.82) is 0 Å². The lowest BCUT2D eigenvalue weighted by molar-refractivity contribution is -0.0681. The van der Waals surface area contributed by atoms with Gasteiger partial charge in [0.1, 0.15) is 0 Å². The van der Waals surface area contributed by atoms with Gasteiger partial charge in [0.25, 0.3) is 0 Å². The van der Waals surface area contributed by atoms with E-state index >= 15 is 0 Å². The second kappa shape index (κ2) is 4.14. The van der Waals surface area contributed by atoms with Gasteiger partial charge in [-0.25, -0.2) is 0 Å². The first-order chi connectivity index (χ1) is 9.57. The molecule has 0 aliphatic heterocycles. The summed E-state index contributed by atoms with van der Waals surface area (Å²) in [7, 11) is 0. The molecule has 1 aromatic carbocycles. The first-order valence-electron chi connectivity index (χ1n) is 7.84. The largest absolute Gasteiger partial charge is 0.504 e. The van der Waals surface area contributed by atoms with E-state index < -0.39 is 0 Å². The highest BCUT2D eigenvalue weighted by Gasteiger charge is 2.54. The number of hydrogen-bond donors (Lipinski definition) is 3. The van der Waals surface area contributed by atoms with Crippen LogP contribution in [0.15, 0.2) is 18.2 Å². The van der Waals surface area contributed by atoms with Crippen LogP contribution < -0.4 is 5.73 Å². The van der Waals surface area contributed by atoms with Gasteiger partial charge in [0.05, 0.1) is 0 Å². The maximum absolute atomic E-state index is 10.1. The predicted molar refractivity (Wildman–Crippen MR) is 77.3 cm³/mol. The zero-order chi connectivity index (χ0) is 13.9. The van der Waals surface area contributed by atoms with Crippen LogP contribution in [0.2, 0.25) is 0 Å². The van der Waals surface area contributed by atoms with Crippen molar-refractivity contribution in [1.82, 2.24) is 0 Å². The van der Waals surface area contributed by atoms with Gasteiger partial charge in [-0.05, 0) is 67.8 Å². The molecule has 4 N–H and O–H groups in total. The number of phenolic OH excluding ortho intramolecular Hbond substituents is 2. The van der Waals surface area contributed by atoms with Gasteiger partial charge in [-0.3, -0.25) is 0 Å². The van der Waals surface area contributed by atoms with Crippen LogP contribution in [0.25, 0.3) is 0 Å². The van der Waals surface area contributed by atoms with E-state index in [2.05, 4.69) is 0 Å². The summed E-state index contributed by atoms with van der Waals surface area (Å²) in [6.45, 7) is 0. The minimum atomic E-state index is -0.150. The maximum Gasteiger partial charge on any atom is 0.162 e. The number of hydrogen-bond acceptors (Lipinski definition) is 3. The molecule has 4 bridgehead atoms. The molecule has 20 heavy (non-hydrogen) atoms. The maximum atomic E-state index is 10.1. The fourth-order valence-electron chi connectivity index (χ4n) is 5.69. The summed E-state index contributed by atoms with van der Waals surface area (Å²) in [6.07, 6.45) is 7.77. The Kier molecular flexibility index (Phi) is 2.59. The van der Waals surface area contributed by atoms with Crippen molar-refractivity contribution < 1.29 is 10.2 Å². The van der Waals surface area contributed by atoms with Crippen LogP contribution in [0.4, 0.5) is 0 Å². The van der Waals surface area contributed by atoms with Gasteiger partial charge in [0, 0.05) is 11.6 Å². The normalized spacial score (nSPS) is 40.0. The molecular formula is C17H23NO2. The average Bonchev–Trinajstić information content (AvgIpc) is 2.39. The molecular weight excluding hydrogens is 250 g/mol. The van der Waals surface area contributed by atoms with Crippen LogP contribution >= 0.6 is 0 Å². The zero-order valence-electron chi connectivity index (χ0n) is 11.8. The first kappa shape index (κ1) is 12.5. The molecule has 1 aromatic rings. The topological polar surface area (TPSA) is 66.5 Å². The number of rotatable bonds is 2. The molecule has 0 amide bonds. The smallest absolute Gasteiger partial charge is 0.162 e. The number of benzene rings is 1. The quantitative estimate of drug-likeness (QED) is 0.724. The summed E-state index contributed by atoms with van der Waals surface area (Å²) in [6, 6.07) is 5.02. The van der Waals surface area contributed by atoms with E-state index in [0.29, 0.717) is 0 Å². The van der Waals surface area contributed by atoms with Crippen molar-refractivity contribution in [3.63, 3.8) is 0 Å². The van der Waals surface area contributed by atoms with Gasteiger partial charge in [-0.2, -0.15) is 0 Å². The van der Waals surface area contributed by atoms with E-state index in [0.717, 1.165) is 23.3 Å². The van der Waals surface area contributed by atoms with E-state index in [1.165, 1.54) is 44.6 Å². The Balaban J connectivity index is 1.71. The molecule has 1 atom stereocenters. The Hall–Kier alpha value is -1.22. The fourth-order valence-corrected chi connectivity index (χ4v) is 5.69. The SMILES string of the molecule is NC(c1cccc(O)c1O)C12CC3CC(CC(C3)C1)C2. The minimum Gasteiger partial charge on any atom is -0.504 e. The van der Waals surface area contributed by atoms with Crippen molar-refractivity contribution >= 4 is 0 Å². The lowest BCUT2D eigenvalue weighted by Crippen LogP contribution is -2.50. The second-order valence-corrected chi connectivity index (χ2v) is 7.47. The summed E-state index contributed by atoms with van der Waals surface area (Å²) < 4.78 is 0. The highest BCUT2D eigenvalue weighted by atomic mass is 16.3. The zero-order valence-corrected chi connectivity index (χ0v) is 11.8. The van der Waals surface area contributed by atoms with Crippen molar-refractivity contribution in [3.05, 3.63) is 23.8 Å². The molecule has 4 aliphatic carbocycles. The number of aromatic hydroxyl groups is 2. The third-order valence-electron chi connectivity index (χ3n) is 6.13. The molecule has 3 heteroatoms. The average molecular weight is 273 g/mol. The van der Waals surface area contributed by atoms with Crippen LogP contribution in [0.3, 0.4) is 0 Å². The molecule has 0 aromatic heterocycles. The first-order valence-corrected chi connectivity index (χ1v) is 7.84. The Labute approximate surface area is 119 Å². The Morgan fingerprint density at radius 3 is 2.10 bits per heavy atom. The van der Waals surface area contributed by atoms with Gasteiger partial charge >= 0.3 is 0 Å². The molecule has 0 saturated heterocycles. The van der Waals surface area contributed by atoms with Crippen LogP contribution in [0.1, 0.15) is 50.1 Å². The highest BCUT2D eigenvalue weighted by molar-refractivity contribution is 5.46. The monoisotopic (exact) mass is 273 g/mol. The molecule has 1 unspecified atom stereocenters. The predicted octanol–water partition coefficient (Wildman–Crippen LogP) is 3.31. The Morgan fingerprint density at radius 1 is 1.00 bits per heavy atom. The van der Waals surface area contributed by atoms with Crippen LogP contribution in [0, 0.1) is 23.2 Å². The Bertz CT molecular complexity index is 505. The van der Waals surface area contributed by atoms with Gasteiger partial charge in [0.2, 0.25) is 0 Å². The van der Waals surface area contributed by atoms with Gasteiger partial charge in [-0.1, -0.05) is 12.1 Å². The summed E-state index contributed by atoms with van der Waals surface area (Å²) in [5.41, 5.74) is 7.47. The van der Waals surface area contributed by atoms with E-state index in [9.17, 15) is 10.2 Å². The molecule has 3 nitrogen and oxygen atoms in total. The third kappa shape index (κ3) is 1.69. The number of nitrogens with two attached hydrogens (primary N) is 1. The number of para-hydroxylation sites is 1. The third-order valence-corrected chi connectivity index (χ3v) is 6.13. The van der Waals surface area contributed by atoms with Crippen LogP contribution in [-0.2, 0) is 0 Å². The Morgan fingerprint density at radius 2 is 1.55 bits per heavy atom. The van der Waals surface area contributed by atoms with E-state index in [4.69, 9.17) is 5.73 Å². The van der Waals surface area contributed by atoms with E-state index in [-0.39, 0.29) is 23.0 Å². The molecule has 4 aliphatic rings. The molecule has 0 heterocycles. The van der Waals surface area contributed by atoms with Crippen molar-refractivity contribution in [2.45, 2.75) is 44.6 Å². The van der Waals surface area contributed by atoms with E-state index in [1.807, 2.05) is 6.07 Å². The lowest BCUT2D eigenvalue weighted by Gasteiger charge is -2.59. The molecule has 5 rings (SSSR count). The second-order valence-electron chi connectivity index (χ2n) is 7.47. The minimum absolute atomic E-state index is 0.0178. The van der Waals surface area contributed by atoms with Crippen molar-refractivity contribution in [3.8, 4) is 11.5 Å². The fraction of sp³-hybridized carbons (Fsp3) is 0.647. The van der Waals surface area contributed by atoms with Gasteiger partial charge in [-0.15, -0.1) is 0 Å². The molecule has 4 saturated carbocycles. The van der Waals surface area contributed by atoms with Gasteiger partial charge < -0.3 is 15.9 Å². The number of phenols is 2. The molecule has 108 valence electrons. The summed E-state index contributed by atoms with van der Waals surface area (Å²) in [5.74, 6) is 2.45. The summed E-state index contributed by atoms with van der Waals surface area (Å²) >= 11 is 0. The molecule has 0 spiro atoms. The summed E-state index contributed by atoms with van der Waals surface area (Å²) in [4.78, 5) is 0. The molecule has 4 fully saturated rings. The van der Waals surface area contributed by atoms with Gasteiger partial charge in [0.15, 0.2) is 11.5 Å². The lowest BCUT2D eigenvalue weighted by atomic mass is 9.47.